The number of fused-ring (bicyclic) bond motifs is 1. The summed E-state index contributed by atoms with van der Waals surface area (Å²) >= 11 is 0. The minimum absolute atomic E-state index is 0.210. The van der Waals surface area contributed by atoms with Crippen molar-refractivity contribution in [3.63, 3.8) is 0 Å². The number of benzene rings is 1. The zero-order valence-corrected chi connectivity index (χ0v) is 10.5. The first-order valence-corrected chi connectivity index (χ1v) is 6.77. The summed E-state index contributed by atoms with van der Waals surface area (Å²) in [6.07, 6.45) is 6.64. The molecule has 0 saturated heterocycles. The minimum Gasteiger partial charge on any atom is -0.490 e. The van der Waals surface area contributed by atoms with E-state index in [9.17, 15) is 0 Å². The Morgan fingerprint density at radius 2 is 2.24 bits per heavy atom. The van der Waals surface area contributed by atoms with Crippen LogP contribution in [0.5, 0.6) is 5.75 Å². The highest BCUT2D eigenvalue weighted by Gasteiger charge is 2.23. The van der Waals surface area contributed by atoms with Gasteiger partial charge in [0.25, 0.3) is 0 Å². The average Bonchev–Trinajstić information content (AvgIpc) is 2.62. The molecule has 1 aromatic carbocycles. The van der Waals surface area contributed by atoms with Crippen LogP contribution in [0.1, 0.15) is 49.8 Å². The summed E-state index contributed by atoms with van der Waals surface area (Å²) in [5, 5.41) is 0. The third-order valence-electron chi connectivity index (χ3n) is 4.16. The molecule has 1 aliphatic carbocycles. The Labute approximate surface area is 103 Å². The summed E-state index contributed by atoms with van der Waals surface area (Å²) in [7, 11) is 0. The van der Waals surface area contributed by atoms with E-state index in [4.69, 9.17) is 10.5 Å². The predicted molar refractivity (Wildman–Crippen MR) is 69.1 cm³/mol. The molecule has 0 radical (unpaired) electrons. The van der Waals surface area contributed by atoms with Gasteiger partial charge >= 0.3 is 0 Å². The largest absolute Gasteiger partial charge is 0.490 e. The fourth-order valence-electron chi connectivity index (χ4n) is 2.90. The molecule has 0 amide bonds. The van der Waals surface area contributed by atoms with Gasteiger partial charge in [0.05, 0.1) is 0 Å². The van der Waals surface area contributed by atoms with Gasteiger partial charge in [-0.3, -0.25) is 0 Å². The predicted octanol–water partition coefficient (Wildman–Crippen LogP) is 3.20. The van der Waals surface area contributed by atoms with E-state index in [0.29, 0.717) is 6.10 Å². The molecule has 2 unspecified atom stereocenters. The summed E-state index contributed by atoms with van der Waals surface area (Å²) in [6, 6.07) is 6.69. The zero-order valence-electron chi connectivity index (χ0n) is 10.5. The summed E-state index contributed by atoms with van der Waals surface area (Å²) < 4.78 is 5.71. The Morgan fingerprint density at radius 3 is 2.94 bits per heavy atom. The zero-order chi connectivity index (χ0) is 11.8. The average molecular weight is 231 g/mol. The molecule has 0 spiro atoms. The molecule has 3 rings (SSSR count). The van der Waals surface area contributed by atoms with Crippen molar-refractivity contribution in [1.29, 1.82) is 0 Å². The quantitative estimate of drug-likeness (QED) is 0.867. The number of hydrogen-bond donors (Lipinski definition) is 1. The molecule has 1 aromatic rings. The summed E-state index contributed by atoms with van der Waals surface area (Å²) in [5.41, 5.74) is 8.91. The van der Waals surface area contributed by atoms with Gasteiger partial charge in [-0.05, 0) is 36.5 Å². The molecule has 17 heavy (non-hydrogen) atoms. The Morgan fingerprint density at radius 1 is 1.41 bits per heavy atom. The molecule has 0 aromatic heterocycles. The first-order valence-electron chi connectivity index (χ1n) is 6.77. The van der Waals surface area contributed by atoms with E-state index in [2.05, 4.69) is 25.1 Å². The monoisotopic (exact) mass is 231 g/mol. The highest BCUT2D eigenvalue weighted by atomic mass is 16.5. The number of ether oxygens (including phenoxy) is 1. The van der Waals surface area contributed by atoms with Crippen molar-refractivity contribution in [2.75, 3.05) is 0 Å². The van der Waals surface area contributed by atoms with E-state index >= 15 is 0 Å². The normalized spacial score (nSPS) is 24.9. The lowest BCUT2D eigenvalue weighted by atomic mass is 9.79. The second kappa shape index (κ2) is 4.34. The van der Waals surface area contributed by atoms with E-state index in [-0.39, 0.29) is 6.04 Å². The molecular weight excluding hydrogens is 210 g/mol. The standard InChI is InChI=1S/C15H21NO/c1-10-7-13-9-12(5-6-15(13)17-10)14(16)8-11-3-2-4-11/h5-6,9-11,14H,2-4,7-8,16H2,1H3. The van der Waals surface area contributed by atoms with Crippen molar-refractivity contribution in [1.82, 2.24) is 0 Å². The Hall–Kier alpha value is -1.02. The lowest BCUT2D eigenvalue weighted by molar-refractivity contribution is 0.254. The SMILES string of the molecule is CC1Cc2cc(C(N)CC3CCC3)ccc2O1. The number of rotatable bonds is 3. The van der Waals surface area contributed by atoms with Gasteiger partial charge in [0.2, 0.25) is 0 Å². The van der Waals surface area contributed by atoms with Gasteiger partial charge in [0.1, 0.15) is 11.9 Å². The van der Waals surface area contributed by atoms with Crippen molar-refractivity contribution in [3.05, 3.63) is 29.3 Å². The second-order valence-electron chi connectivity index (χ2n) is 5.64. The molecule has 2 nitrogen and oxygen atoms in total. The molecule has 92 valence electrons. The van der Waals surface area contributed by atoms with E-state index in [1.54, 1.807) is 0 Å². The van der Waals surface area contributed by atoms with E-state index in [1.807, 2.05) is 0 Å². The lowest BCUT2D eigenvalue weighted by Gasteiger charge is -2.28. The van der Waals surface area contributed by atoms with Crippen LogP contribution in [0, 0.1) is 5.92 Å². The summed E-state index contributed by atoms with van der Waals surface area (Å²) in [4.78, 5) is 0. The molecule has 2 heteroatoms. The Bertz CT molecular complexity index is 411. The Balaban J connectivity index is 1.72. The van der Waals surface area contributed by atoms with Crippen LogP contribution in [0.4, 0.5) is 0 Å². The molecule has 1 saturated carbocycles. The van der Waals surface area contributed by atoms with Crippen LogP contribution in [-0.4, -0.2) is 6.10 Å². The molecule has 1 aliphatic heterocycles. The van der Waals surface area contributed by atoms with Crippen LogP contribution in [0.25, 0.3) is 0 Å². The van der Waals surface area contributed by atoms with Gasteiger partial charge in [-0.15, -0.1) is 0 Å². The van der Waals surface area contributed by atoms with Crippen molar-refractivity contribution in [2.24, 2.45) is 11.7 Å². The molecule has 2 N–H and O–H groups in total. The van der Waals surface area contributed by atoms with Crippen molar-refractivity contribution in [2.45, 2.75) is 51.2 Å². The van der Waals surface area contributed by atoms with E-state index in [0.717, 1.165) is 24.5 Å². The third kappa shape index (κ3) is 2.19. The fraction of sp³-hybridized carbons (Fsp3) is 0.600. The first-order chi connectivity index (χ1) is 8.22. The smallest absolute Gasteiger partial charge is 0.123 e. The van der Waals surface area contributed by atoms with Crippen LogP contribution in [0.15, 0.2) is 18.2 Å². The van der Waals surface area contributed by atoms with Gasteiger partial charge in [-0.25, -0.2) is 0 Å². The van der Waals surface area contributed by atoms with E-state index in [1.165, 1.54) is 30.4 Å². The molecule has 2 aliphatic rings. The third-order valence-corrected chi connectivity index (χ3v) is 4.16. The van der Waals surface area contributed by atoms with Gasteiger partial charge in [0.15, 0.2) is 0 Å². The molecule has 1 heterocycles. The van der Waals surface area contributed by atoms with E-state index < -0.39 is 0 Å². The van der Waals surface area contributed by atoms with Crippen LogP contribution in [0.2, 0.25) is 0 Å². The minimum atomic E-state index is 0.210. The topological polar surface area (TPSA) is 35.2 Å². The number of hydrogen-bond acceptors (Lipinski definition) is 2. The maximum absolute atomic E-state index is 6.29. The van der Waals surface area contributed by atoms with Gasteiger partial charge < -0.3 is 10.5 Å². The maximum atomic E-state index is 6.29. The van der Waals surface area contributed by atoms with Crippen molar-refractivity contribution in [3.8, 4) is 5.75 Å². The highest BCUT2D eigenvalue weighted by Crippen LogP contribution is 2.36. The molecule has 0 bridgehead atoms. The van der Waals surface area contributed by atoms with Gasteiger partial charge in [-0.1, -0.05) is 31.4 Å². The maximum Gasteiger partial charge on any atom is 0.123 e. The Kier molecular flexibility index (Phi) is 2.83. The fourth-order valence-corrected chi connectivity index (χ4v) is 2.90. The lowest BCUT2D eigenvalue weighted by Crippen LogP contribution is -2.20. The summed E-state index contributed by atoms with van der Waals surface area (Å²) in [5.74, 6) is 1.92. The van der Waals surface area contributed by atoms with Crippen molar-refractivity contribution >= 4 is 0 Å². The second-order valence-corrected chi connectivity index (χ2v) is 5.64. The summed E-state index contributed by atoms with van der Waals surface area (Å²) in [6.45, 7) is 2.12. The van der Waals surface area contributed by atoms with Crippen LogP contribution < -0.4 is 10.5 Å². The molecule has 1 fully saturated rings. The molecular formula is C15H21NO. The van der Waals surface area contributed by atoms with Gasteiger partial charge in [0, 0.05) is 12.5 Å². The van der Waals surface area contributed by atoms with Crippen LogP contribution in [-0.2, 0) is 6.42 Å². The van der Waals surface area contributed by atoms with Crippen LogP contribution in [0.3, 0.4) is 0 Å². The van der Waals surface area contributed by atoms with Crippen LogP contribution >= 0.6 is 0 Å². The van der Waals surface area contributed by atoms with Gasteiger partial charge in [-0.2, -0.15) is 0 Å². The van der Waals surface area contributed by atoms with Crippen molar-refractivity contribution < 1.29 is 4.74 Å². The molecule has 2 atom stereocenters. The first kappa shape index (κ1) is 11.1. The highest BCUT2D eigenvalue weighted by molar-refractivity contribution is 5.41. The number of nitrogens with two attached hydrogens (primary N) is 1.